The van der Waals surface area contributed by atoms with Crippen LogP contribution in [0.4, 0.5) is 0 Å². The Labute approximate surface area is 97.4 Å². The van der Waals surface area contributed by atoms with Crippen molar-refractivity contribution in [3.63, 3.8) is 0 Å². The highest BCUT2D eigenvalue weighted by atomic mass is 16.4. The first-order valence-corrected chi connectivity index (χ1v) is 6.15. The predicted molar refractivity (Wildman–Crippen MR) is 64.1 cm³/mol. The van der Waals surface area contributed by atoms with Crippen molar-refractivity contribution in [1.29, 1.82) is 0 Å². The second-order valence-corrected chi connectivity index (χ2v) is 4.06. The number of hydrogen-bond donors (Lipinski definition) is 2. The molecule has 0 aliphatic carbocycles. The van der Waals surface area contributed by atoms with E-state index >= 15 is 0 Å². The number of nitrogens with zero attached hydrogens (tertiary/aromatic N) is 1. The van der Waals surface area contributed by atoms with E-state index in [4.69, 9.17) is 10.3 Å². The SMILES string of the molecule is O=C(O)CCCCCCCCCCC=NO. The lowest BCUT2D eigenvalue weighted by atomic mass is 10.1. The Hall–Kier alpha value is -1.06. The van der Waals surface area contributed by atoms with Gasteiger partial charge < -0.3 is 10.3 Å². The number of oxime groups is 1. The van der Waals surface area contributed by atoms with E-state index in [1.165, 1.54) is 31.9 Å². The number of carbonyl (C=O) groups is 1. The van der Waals surface area contributed by atoms with Crippen LogP contribution in [0.3, 0.4) is 0 Å². The fourth-order valence-electron chi connectivity index (χ4n) is 1.63. The highest BCUT2D eigenvalue weighted by molar-refractivity contribution is 5.66. The van der Waals surface area contributed by atoms with Gasteiger partial charge in [-0.05, 0) is 19.3 Å². The molecule has 0 amide bonds. The highest BCUT2D eigenvalue weighted by Gasteiger charge is 1.96. The molecular weight excluding hydrogens is 206 g/mol. The zero-order valence-electron chi connectivity index (χ0n) is 9.90. The Morgan fingerprint density at radius 1 is 0.938 bits per heavy atom. The summed E-state index contributed by atoms with van der Waals surface area (Å²) in [7, 11) is 0. The zero-order valence-corrected chi connectivity index (χ0v) is 9.90. The lowest BCUT2D eigenvalue weighted by Gasteiger charge is -2.00. The van der Waals surface area contributed by atoms with Crippen LogP contribution in [0.15, 0.2) is 5.16 Å². The van der Waals surface area contributed by atoms with E-state index in [2.05, 4.69) is 5.16 Å². The smallest absolute Gasteiger partial charge is 0.303 e. The van der Waals surface area contributed by atoms with Gasteiger partial charge in [0.15, 0.2) is 0 Å². The molecule has 16 heavy (non-hydrogen) atoms. The number of carboxylic acids is 1. The monoisotopic (exact) mass is 229 g/mol. The van der Waals surface area contributed by atoms with E-state index in [1.807, 2.05) is 0 Å². The molecule has 0 aliphatic rings. The molecule has 0 saturated carbocycles. The average molecular weight is 229 g/mol. The maximum Gasteiger partial charge on any atom is 0.303 e. The largest absolute Gasteiger partial charge is 0.481 e. The molecular formula is C12H23NO3. The van der Waals surface area contributed by atoms with Gasteiger partial charge in [-0.15, -0.1) is 5.16 Å². The average Bonchev–Trinajstić information content (AvgIpc) is 2.25. The summed E-state index contributed by atoms with van der Waals surface area (Å²) >= 11 is 0. The molecule has 0 saturated heterocycles. The molecule has 0 aromatic heterocycles. The van der Waals surface area contributed by atoms with E-state index in [9.17, 15) is 4.79 Å². The molecule has 4 heteroatoms. The van der Waals surface area contributed by atoms with Crippen molar-refractivity contribution in [2.75, 3.05) is 0 Å². The third kappa shape index (κ3) is 12.9. The van der Waals surface area contributed by atoms with Crippen LogP contribution in [0.5, 0.6) is 0 Å². The fourth-order valence-corrected chi connectivity index (χ4v) is 1.63. The fraction of sp³-hybridized carbons (Fsp3) is 0.833. The molecule has 0 rings (SSSR count). The minimum Gasteiger partial charge on any atom is -0.481 e. The Morgan fingerprint density at radius 2 is 1.44 bits per heavy atom. The summed E-state index contributed by atoms with van der Waals surface area (Å²) in [6, 6.07) is 0. The van der Waals surface area contributed by atoms with E-state index in [-0.39, 0.29) is 0 Å². The van der Waals surface area contributed by atoms with Gasteiger partial charge in [-0.1, -0.05) is 38.5 Å². The minimum atomic E-state index is -0.689. The van der Waals surface area contributed by atoms with Crippen LogP contribution >= 0.6 is 0 Å². The van der Waals surface area contributed by atoms with Gasteiger partial charge in [0.25, 0.3) is 0 Å². The molecule has 0 spiro atoms. The van der Waals surface area contributed by atoms with Crippen LogP contribution < -0.4 is 0 Å². The molecule has 0 aliphatic heterocycles. The lowest BCUT2D eigenvalue weighted by Crippen LogP contribution is -1.93. The van der Waals surface area contributed by atoms with Gasteiger partial charge in [0.05, 0.1) is 0 Å². The number of unbranched alkanes of at least 4 members (excludes halogenated alkanes) is 8. The summed E-state index contributed by atoms with van der Waals surface area (Å²) in [4.78, 5) is 10.2. The van der Waals surface area contributed by atoms with E-state index in [0.717, 1.165) is 32.1 Å². The Balaban J connectivity index is 2.96. The second kappa shape index (κ2) is 12.0. The van der Waals surface area contributed by atoms with Crippen molar-refractivity contribution in [2.24, 2.45) is 5.16 Å². The standard InChI is InChI=1S/C12H23NO3/c14-12(15)10-8-6-4-2-1-3-5-7-9-11-13-16/h11,16H,1-10H2,(H,14,15). The molecule has 0 aromatic rings. The van der Waals surface area contributed by atoms with Crippen LogP contribution in [0, 0.1) is 0 Å². The van der Waals surface area contributed by atoms with Crippen LogP contribution in [0.1, 0.15) is 64.2 Å². The van der Waals surface area contributed by atoms with E-state index in [0.29, 0.717) is 6.42 Å². The van der Waals surface area contributed by atoms with E-state index < -0.39 is 5.97 Å². The molecule has 0 aromatic carbocycles. The van der Waals surface area contributed by atoms with Gasteiger partial charge in [0.1, 0.15) is 0 Å². The second-order valence-electron chi connectivity index (χ2n) is 4.06. The molecule has 4 nitrogen and oxygen atoms in total. The van der Waals surface area contributed by atoms with Gasteiger partial charge in [-0.3, -0.25) is 4.79 Å². The van der Waals surface area contributed by atoms with Gasteiger partial charge >= 0.3 is 5.97 Å². The maximum absolute atomic E-state index is 10.2. The number of rotatable bonds is 11. The van der Waals surface area contributed by atoms with Crippen molar-refractivity contribution in [3.05, 3.63) is 0 Å². The number of aliphatic carboxylic acids is 1. The van der Waals surface area contributed by atoms with Gasteiger partial charge in [-0.25, -0.2) is 0 Å². The van der Waals surface area contributed by atoms with E-state index in [1.54, 1.807) is 0 Å². The quantitative estimate of drug-likeness (QED) is 0.247. The number of hydrogen-bond acceptors (Lipinski definition) is 3. The summed E-state index contributed by atoms with van der Waals surface area (Å²) in [5, 5.41) is 19.5. The van der Waals surface area contributed by atoms with Crippen LogP contribution in [0.2, 0.25) is 0 Å². The molecule has 0 unspecified atom stereocenters. The summed E-state index contributed by atoms with van der Waals surface area (Å²) in [5.74, 6) is -0.689. The first-order valence-electron chi connectivity index (χ1n) is 6.15. The predicted octanol–water partition coefficient (Wildman–Crippen LogP) is 3.43. The normalized spacial score (nSPS) is 11.0. The Bertz CT molecular complexity index is 193. The van der Waals surface area contributed by atoms with Gasteiger partial charge in [-0.2, -0.15) is 0 Å². The molecule has 0 atom stereocenters. The van der Waals surface area contributed by atoms with Gasteiger partial charge in [0.2, 0.25) is 0 Å². The van der Waals surface area contributed by atoms with Gasteiger partial charge in [0, 0.05) is 12.6 Å². The third-order valence-electron chi connectivity index (χ3n) is 2.56. The topological polar surface area (TPSA) is 69.9 Å². The zero-order chi connectivity index (χ0) is 12.1. The molecule has 0 fully saturated rings. The summed E-state index contributed by atoms with van der Waals surface area (Å²) < 4.78 is 0. The van der Waals surface area contributed by atoms with Crippen molar-refractivity contribution >= 4 is 12.2 Å². The lowest BCUT2D eigenvalue weighted by molar-refractivity contribution is -0.137. The van der Waals surface area contributed by atoms with Crippen molar-refractivity contribution in [2.45, 2.75) is 64.2 Å². The molecule has 0 radical (unpaired) electrons. The Kier molecular flexibility index (Phi) is 11.2. The summed E-state index contributed by atoms with van der Waals surface area (Å²) in [6.07, 6.45) is 11.6. The molecule has 0 bridgehead atoms. The maximum atomic E-state index is 10.2. The summed E-state index contributed by atoms with van der Waals surface area (Å²) in [5.41, 5.74) is 0. The summed E-state index contributed by atoms with van der Waals surface area (Å²) in [6.45, 7) is 0. The first kappa shape index (κ1) is 14.9. The first-order chi connectivity index (χ1) is 7.77. The van der Waals surface area contributed by atoms with Crippen molar-refractivity contribution in [3.8, 4) is 0 Å². The molecule has 0 heterocycles. The molecule has 2 N–H and O–H groups in total. The number of carboxylic acid groups (broad SMARTS) is 1. The van der Waals surface area contributed by atoms with Crippen LogP contribution in [-0.4, -0.2) is 22.5 Å². The molecule has 94 valence electrons. The highest BCUT2D eigenvalue weighted by Crippen LogP contribution is 2.10. The van der Waals surface area contributed by atoms with Crippen molar-refractivity contribution in [1.82, 2.24) is 0 Å². The minimum absolute atomic E-state index is 0.306. The van der Waals surface area contributed by atoms with Crippen LogP contribution in [0.25, 0.3) is 0 Å². The van der Waals surface area contributed by atoms with Crippen LogP contribution in [-0.2, 0) is 4.79 Å². The van der Waals surface area contributed by atoms with Crippen molar-refractivity contribution < 1.29 is 15.1 Å². The third-order valence-corrected chi connectivity index (χ3v) is 2.56. The Morgan fingerprint density at radius 3 is 1.94 bits per heavy atom.